The van der Waals surface area contributed by atoms with Gasteiger partial charge in [-0.05, 0) is 23.6 Å². The van der Waals surface area contributed by atoms with Crippen molar-refractivity contribution < 1.29 is 14.1 Å². The molecule has 6 rings (SSSR count). The molecule has 1 amide bonds. The van der Waals surface area contributed by atoms with Crippen LogP contribution in [0.4, 0.5) is 5.69 Å². The van der Waals surface area contributed by atoms with E-state index in [1.807, 2.05) is 40.7 Å². The quantitative estimate of drug-likeness (QED) is 0.188. The van der Waals surface area contributed by atoms with Gasteiger partial charge in [0, 0.05) is 57.0 Å². The van der Waals surface area contributed by atoms with Crippen LogP contribution in [0.2, 0.25) is 0 Å². The number of benzene rings is 3. The van der Waals surface area contributed by atoms with Crippen molar-refractivity contribution >= 4 is 22.7 Å². The number of furan rings is 1. The summed E-state index contributed by atoms with van der Waals surface area (Å²) in [5.74, 6) is 0.684. The monoisotopic (exact) mass is 534 g/mol. The van der Waals surface area contributed by atoms with E-state index in [0.717, 1.165) is 29.9 Å². The van der Waals surface area contributed by atoms with Gasteiger partial charge < -0.3 is 13.9 Å². The van der Waals surface area contributed by atoms with E-state index in [2.05, 4.69) is 53.4 Å². The summed E-state index contributed by atoms with van der Waals surface area (Å²) in [5, 5.41) is 11.3. The highest BCUT2D eigenvalue weighted by Crippen LogP contribution is 2.31. The number of hydrogen-bond donors (Lipinski definition) is 0. The van der Waals surface area contributed by atoms with Crippen LogP contribution in [-0.2, 0) is 6.54 Å². The summed E-state index contributed by atoms with van der Waals surface area (Å²) in [6.45, 7) is 4.86. The third kappa shape index (κ3) is 5.01. The number of piperazine rings is 1. The van der Waals surface area contributed by atoms with Gasteiger partial charge in [-0.1, -0.05) is 72.8 Å². The smallest absolute Gasteiger partial charge is 0.270 e. The Labute approximate surface area is 232 Å². The van der Waals surface area contributed by atoms with E-state index in [1.165, 1.54) is 17.2 Å². The number of fused-ring (bicyclic) bond motifs is 1. The SMILES string of the molecule is Cc1cc2c(cc(C(=O)N3CCN(C(c4ccccc4)c4ccccc4)CC3)n2Cc2cccc([N+](=O)[O-])c2)o1. The van der Waals surface area contributed by atoms with Gasteiger partial charge in [-0.3, -0.25) is 19.8 Å². The van der Waals surface area contributed by atoms with E-state index in [1.54, 1.807) is 18.2 Å². The molecule has 8 nitrogen and oxygen atoms in total. The molecule has 5 aromatic rings. The van der Waals surface area contributed by atoms with Crippen molar-refractivity contribution in [3.63, 3.8) is 0 Å². The molecular weight excluding hydrogens is 504 g/mol. The van der Waals surface area contributed by atoms with Crippen molar-refractivity contribution in [3.05, 3.63) is 135 Å². The number of nitro benzene ring substituents is 1. The number of carbonyl (C=O) groups is 1. The van der Waals surface area contributed by atoms with Gasteiger partial charge in [0.1, 0.15) is 11.5 Å². The average Bonchev–Trinajstić information content (AvgIpc) is 3.51. The van der Waals surface area contributed by atoms with Gasteiger partial charge in [0.15, 0.2) is 5.58 Å². The van der Waals surface area contributed by atoms with Crippen molar-refractivity contribution in [1.29, 1.82) is 0 Å². The fraction of sp³-hybridized carbons (Fsp3) is 0.219. The third-order valence-electron chi connectivity index (χ3n) is 7.59. The van der Waals surface area contributed by atoms with Crippen molar-refractivity contribution in [1.82, 2.24) is 14.4 Å². The van der Waals surface area contributed by atoms with Gasteiger partial charge in [-0.15, -0.1) is 0 Å². The predicted octanol–water partition coefficient (Wildman–Crippen LogP) is 6.05. The van der Waals surface area contributed by atoms with Crippen LogP contribution < -0.4 is 0 Å². The van der Waals surface area contributed by atoms with Crippen molar-refractivity contribution in [3.8, 4) is 0 Å². The Morgan fingerprint density at radius 2 is 1.52 bits per heavy atom. The van der Waals surface area contributed by atoms with Crippen LogP contribution in [0.15, 0.2) is 101 Å². The number of hydrogen-bond acceptors (Lipinski definition) is 5. The zero-order chi connectivity index (χ0) is 27.6. The number of non-ortho nitro benzene ring substituents is 1. The van der Waals surface area contributed by atoms with Crippen LogP contribution in [0.25, 0.3) is 11.1 Å². The molecule has 0 aliphatic carbocycles. The molecule has 0 N–H and O–H groups in total. The first-order chi connectivity index (χ1) is 19.5. The fourth-order valence-corrected chi connectivity index (χ4v) is 5.69. The highest BCUT2D eigenvalue weighted by molar-refractivity contribution is 5.97. The topological polar surface area (TPSA) is 84.8 Å². The molecule has 0 atom stereocenters. The molecule has 0 saturated carbocycles. The third-order valence-corrected chi connectivity index (χ3v) is 7.59. The number of rotatable bonds is 7. The zero-order valence-electron chi connectivity index (χ0n) is 22.3. The van der Waals surface area contributed by atoms with E-state index in [0.29, 0.717) is 30.9 Å². The number of nitro groups is 1. The molecule has 0 bridgehead atoms. The van der Waals surface area contributed by atoms with Gasteiger partial charge in [0.25, 0.3) is 11.6 Å². The summed E-state index contributed by atoms with van der Waals surface area (Å²) in [5.41, 5.74) is 5.21. The Hall–Kier alpha value is -4.69. The van der Waals surface area contributed by atoms with E-state index in [9.17, 15) is 14.9 Å². The van der Waals surface area contributed by atoms with Crippen LogP contribution in [0.3, 0.4) is 0 Å². The lowest BCUT2D eigenvalue weighted by molar-refractivity contribution is -0.384. The maximum atomic E-state index is 13.9. The van der Waals surface area contributed by atoms with Crippen LogP contribution in [-0.4, -0.2) is 51.4 Å². The number of aryl methyl sites for hydroxylation is 1. The van der Waals surface area contributed by atoms with E-state index in [4.69, 9.17) is 4.42 Å². The Bertz CT molecular complexity index is 1610. The zero-order valence-corrected chi connectivity index (χ0v) is 22.3. The molecule has 202 valence electrons. The lowest BCUT2D eigenvalue weighted by atomic mass is 9.96. The molecule has 0 spiro atoms. The molecule has 1 fully saturated rings. The predicted molar refractivity (Wildman–Crippen MR) is 153 cm³/mol. The van der Waals surface area contributed by atoms with E-state index < -0.39 is 4.92 Å². The Kier molecular flexibility index (Phi) is 6.92. The molecule has 8 heteroatoms. The van der Waals surface area contributed by atoms with Gasteiger partial charge in [0.05, 0.1) is 16.5 Å². The van der Waals surface area contributed by atoms with Crippen LogP contribution >= 0.6 is 0 Å². The van der Waals surface area contributed by atoms with Crippen molar-refractivity contribution in [2.45, 2.75) is 19.5 Å². The minimum absolute atomic E-state index is 0.0275. The fourth-order valence-electron chi connectivity index (χ4n) is 5.69. The second-order valence-corrected chi connectivity index (χ2v) is 10.2. The number of carbonyl (C=O) groups excluding carboxylic acids is 1. The van der Waals surface area contributed by atoms with Gasteiger partial charge in [0.2, 0.25) is 0 Å². The maximum absolute atomic E-state index is 13.9. The molecule has 3 heterocycles. The summed E-state index contributed by atoms with van der Waals surface area (Å²) in [6, 6.07) is 31.3. The molecular formula is C32H30N4O4. The van der Waals surface area contributed by atoms with Gasteiger partial charge in [-0.2, -0.15) is 0 Å². The minimum atomic E-state index is -0.402. The van der Waals surface area contributed by atoms with Gasteiger partial charge in [-0.25, -0.2) is 0 Å². The largest absolute Gasteiger partial charge is 0.460 e. The van der Waals surface area contributed by atoms with Crippen LogP contribution in [0, 0.1) is 17.0 Å². The Morgan fingerprint density at radius 1 is 0.875 bits per heavy atom. The lowest BCUT2D eigenvalue weighted by Crippen LogP contribution is -2.50. The van der Waals surface area contributed by atoms with E-state index in [-0.39, 0.29) is 17.6 Å². The summed E-state index contributed by atoms with van der Waals surface area (Å²) < 4.78 is 7.78. The number of amides is 1. The van der Waals surface area contributed by atoms with Gasteiger partial charge >= 0.3 is 0 Å². The number of nitrogens with zero attached hydrogens (tertiary/aromatic N) is 4. The van der Waals surface area contributed by atoms with Crippen molar-refractivity contribution in [2.24, 2.45) is 0 Å². The lowest BCUT2D eigenvalue weighted by Gasteiger charge is -2.39. The molecule has 2 aromatic heterocycles. The first-order valence-corrected chi connectivity index (χ1v) is 13.4. The molecule has 1 aliphatic rings. The average molecular weight is 535 g/mol. The molecule has 40 heavy (non-hydrogen) atoms. The van der Waals surface area contributed by atoms with E-state index >= 15 is 0 Å². The molecule has 0 unspecified atom stereocenters. The minimum Gasteiger partial charge on any atom is -0.460 e. The first-order valence-electron chi connectivity index (χ1n) is 13.4. The summed E-state index contributed by atoms with van der Waals surface area (Å²) in [7, 11) is 0. The molecule has 0 radical (unpaired) electrons. The van der Waals surface area contributed by atoms with Crippen LogP contribution in [0.5, 0.6) is 0 Å². The van der Waals surface area contributed by atoms with Crippen LogP contribution in [0.1, 0.15) is 39.0 Å². The highest BCUT2D eigenvalue weighted by atomic mass is 16.6. The second kappa shape index (κ2) is 10.8. The summed E-state index contributed by atoms with van der Waals surface area (Å²) >= 11 is 0. The standard InChI is InChI=1S/C32H30N4O4/c1-23-19-28-30(40-23)21-29(35(28)22-24-9-8-14-27(20-24)36(38)39)32(37)34-17-15-33(16-18-34)31(25-10-4-2-5-11-25)26-12-6-3-7-13-26/h2-14,19-21,31H,15-18,22H2,1H3. The number of aromatic nitrogens is 1. The second-order valence-electron chi connectivity index (χ2n) is 10.2. The summed E-state index contributed by atoms with van der Waals surface area (Å²) in [6.07, 6.45) is 0. The maximum Gasteiger partial charge on any atom is 0.270 e. The molecule has 1 saturated heterocycles. The Morgan fingerprint density at radius 3 is 2.15 bits per heavy atom. The Balaban J connectivity index is 1.25. The molecule has 3 aromatic carbocycles. The molecule has 1 aliphatic heterocycles. The highest BCUT2D eigenvalue weighted by Gasteiger charge is 2.30. The normalized spacial score (nSPS) is 14.2. The van der Waals surface area contributed by atoms with Crippen molar-refractivity contribution in [2.75, 3.05) is 26.2 Å². The first kappa shape index (κ1) is 25.6. The summed E-state index contributed by atoms with van der Waals surface area (Å²) in [4.78, 5) is 29.2.